The van der Waals surface area contributed by atoms with Gasteiger partial charge in [-0.1, -0.05) is 13.8 Å². The highest BCUT2D eigenvalue weighted by Gasteiger charge is 2.25. The van der Waals surface area contributed by atoms with Crippen molar-refractivity contribution in [2.24, 2.45) is 5.92 Å². The second-order valence-corrected chi connectivity index (χ2v) is 7.32. The molecule has 2 rings (SSSR count). The van der Waals surface area contributed by atoms with E-state index in [1.165, 1.54) is 16.7 Å². The summed E-state index contributed by atoms with van der Waals surface area (Å²) in [4.78, 5) is 37.6. The fourth-order valence-electron chi connectivity index (χ4n) is 2.35. The number of rotatable bonds is 5. The second kappa shape index (κ2) is 7.04. The first-order valence-electron chi connectivity index (χ1n) is 7.40. The number of aliphatic carboxylic acids is 1. The number of nitrogens with zero attached hydrogens (tertiary/aromatic N) is 1. The first-order valence-corrected chi connectivity index (χ1v) is 8.28. The van der Waals surface area contributed by atoms with Crippen molar-refractivity contribution >= 4 is 35.2 Å². The third kappa shape index (κ3) is 4.25. The van der Waals surface area contributed by atoms with Crippen molar-refractivity contribution in [1.29, 1.82) is 0 Å². The van der Waals surface area contributed by atoms with E-state index in [1.54, 1.807) is 18.2 Å². The van der Waals surface area contributed by atoms with E-state index in [-0.39, 0.29) is 29.5 Å². The lowest BCUT2D eigenvalue weighted by molar-refractivity contribution is -0.137. The van der Waals surface area contributed by atoms with Crippen LogP contribution in [-0.2, 0) is 9.59 Å². The van der Waals surface area contributed by atoms with E-state index in [0.717, 1.165) is 4.90 Å². The molecule has 0 saturated heterocycles. The molecular formula is C16H20N2O4S. The number of amides is 2. The van der Waals surface area contributed by atoms with E-state index < -0.39 is 5.97 Å². The maximum Gasteiger partial charge on any atom is 0.323 e. The number of fused-ring (bicyclic) bond motifs is 1. The third-order valence-electron chi connectivity index (χ3n) is 3.36. The number of anilines is 1. The van der Waals surface area contributed by atoms with Crippen LogP contribution in [0.3, 0.4) is 0 Å². The fourth-order valence-corrected chi connectivity index (χ4v) is 3.28. The molecule has 1 atom stereocenters. The van der Waals surface area contributed by atoms with Crippen molar-refractivity contribution in [2.75, 3.05) is 18.4 Å². The molecule has 1 aromatic rings. The van der Waals surface area contributed by atoms with Gasteiger partial charge in [0.1, 0.15) is 6.54 Å². The Kier molecular flexibility index (Phi) is 5.30. The van der Waals surface area contributed by atoms with Gasteiger partial charge >= 0.3 is 5.97 Å². The highest BCUT2D eigenvalue weighted by atomic mass is 32.2. The lowest BCUT2D eigenvalue weighted by atomic mass is 10.1. The molecule has 1 aliphatic heterocycles. The minimum absolute atomic E-state index is 0.100. The van der Waals surface area contributed by atoms with E-state index in [4.69, 9.17) is 5.11 Å². The second-order valence-electron chi connectivity index (χ2n) is 5.93. The van der Waals surface area contributed by atoms with Crippen LogP contribution < -0.4 is 5.32 Å². The van der Waals surface area contributed by atoms with Gasteiger partial charge in [-0.05, 0) is 31.0 Å². The molecule has 124 valence electrons. The van der Waals surface area contributed by atoms with Crippen LogP contribution in [0.4, 0.5) is 5.69 Å². The first kappa shape index (κ1) is 17.3. The molecule has 1 unspecified atom stereocenters. The smallest absolute Gasteiger partial charge is 0.323 e. The molecule has 1 heterocycles. The Morgan fingerprint density at radius 3 is 2.70 bits per heavy atom. The van der Waals surface area contributed by atoms with Crippen LogP contribution in [0, 0.1) is 5.92 Å². The topological polar surface area (TPSA) is 86.7 Å². The quantitative estimate of drug-likeness (QED) is 0.861. The maximum atomic E-state index is 12.6. The first-order chi connectivity index (χ1) is 10.8. The van der Waals surface area contributed by atoms with Crippen molar-refractivity contribution in [3.63, 3.8) is 0 Å². The zero-order valence-corrected chi connectivity index (χ0v) is 14.1. The zero-order valence-electron chi connectivity index (χ0n) is 13.3. The molecule has 7 heteroatoms. The van der Waals surface area contributed by atoms with Crippen LogP contribution in [0.2, 0.25) is 0 Å². The molecule has 2 amide bonds. The standard InChI is InChI=1S/C16H20N2O4S/c1-9(2)7-18(8-14(19)20)16(22)11-4-5-13-12(6-11)17-15(21)10(3)23-13/h4-6,9-10H,7-8H2,1-3H3,(H,17,21)(H,19,20). The van der Waals surface area contributed by atoms with Gasteiger partial charge in [0.2, 0.25) is 5.91 Å². The SMILES string of the molecule is CC(C)CN(CC(=O)O)C(=O)c1ccc2c(c1)NC(=O)C(C)S2. The van der Waals surface area contributed by atoms with Gasteiger partial charge in [0, 0.05) is 17.0 Å². The van der Waals surface area contributed by atoms with E-state index >= 15 is 0 Å². The van der Waals surface area contributed by atoms with E-state index in [0.29, 0.717) is 17.8 Å². The minimum Gasteiger partial charge on any atom is -0.480 e. The Hall–Kier alpha value is -2.02. The molecule has 2 N–H and O–H groups in total. The number of carbonyl (C=O) groups excluding carboxylic acids is 2. The molecule has 0 fully saturated rings. The summed E-state index contributed by atoms with van der Waals surface area (Å²) >= 11 is 1.44. The number of carboxylic acids is 1. The highest BCUT2D eigenvalue weighted by Crippen LogP contribution is 2.36. The van der Waals surface area contributed by atoms with Crippen LogP contribution in [0.5, 0.6) is 0 Å². The van der Waals surface area contributed by atoms with Gasteiger partial charge in [0.05, 0.1) is 10.9 Å². The Morgan fingerprint density at radius 1 is 1.39 bits per heavy atom. The number of hydrogen-bond acceptors (Lipinski definition) is 4. The average Bonchev–Trinajstić information content (AvgIpc) is 2.45. The van der Waals surface area contributed by atoms with Crippen molar-refractivity contribution in [3.8, 4) is 0 Å². The van der Waals surface area contributed by atoms with Crippen molar-refractivity contribution in [2.45, 2.75) is 30.9 Å². The predicted octanol–water partition coefficient (Wildman–Crippen LogP) is 2.30. The number of thioether (sulfide) groups is 1. The van der Waals surface area contributed by atoms with E-state index in [2.05, 4.69) is 5.32 Å². The van der Waals surface area contributed by atoms with Crippen LogP contribution >= 0.6 is 11.8 Å². The summed E-state index contributed by atoms with van der Waals surface area (Å²) < 4.78 is 0. The molecule has 0 aromatic heterocycles. The summed E-state index contributed by atoms with van der Waals surface area (Å²) in [5.74, 6) is -1.33. The molecule has 1 aliphatic rings. The molecule has 1 aromatic carbocycles. The van der Waals surface area contributed by atoms with E-state index in [9.17, 15) is 14.4 Å². The molecule has 0 bridgehead atoms. The van der Waals surface area contributed by atoms with E-state index in [1.807, 2.05) is 20.8 Å². The van der Waals surface area contributed by atoms with Crippen molar-refractivity contribution < 1.29 is 19.5 Å². The summed E-state index contributed by atoms with van der Waals surface area (Å²) in [6, 6.07) is 5.08. The highest BCUT2D eigenvalue weighted by molar-refractivity contribution is 8.00. The molecule has 0 radical (unpaired) electrons. The minimum atomic E-state index is -1.05. The average molecular weight is 336 g/mol. The maximum absolute atomic E-state index is 12.6. The summed E-state index contributed by atoms with van der Waals surface area (Å²) in [6.45, 7) is 5.69. The van der Waals surface area contributed by atoms with Gasteiger partial charge in [0.15, 0.2) is 0 Å². The Balaban J connectivity index is 2.26. The van der Waals surface area contributed by atoms with Gasteiger partial charge in [-0.25, -0.2) is 0 Å². The predicted molar refractivity (Wildman–Crippen MR) is 88.8 cm³/mol. The summed E-state index contributed by atoms with van der Waals surface area (Å²) in [5.41, 5.74) is 0.977. The Morgan fingerprint density at radius 2 is 2.09 bits per heavy atom. The normalized spacial score (nSPS) is 16.7. The summed E-state index contributed by atoms with van der Waals surface area (Å²) in [7, 11) is 0. The number of benzene rings is 1. The van der Waals surface area contributed by atoms with Gasteiger partial charge in [0.25, 0.3) is 5.91 Å². The lowest BCUT2D eigenvalue weighted by Crippen LogP contribution is -2.38. The monoisotopic (exact) mass is 336 g/mol. The van der Waals surface area contributed by atoms with Gasteiger partial charge in [-0.15, -0.1) is 11.8 Å². The molecule has 23 heavy (non-hydrogen) atoms. The zero-order chi connectivity index (χ0) is 17.1. The van der Waals surface area contributed by atoms with Crippen LogP contribution in [0.1, 0.15) is 31.1 Å². The molecule has 0 aliphatic carbocycles. The molecular weight excluding hydrogens is 316 g/mol. The largest absolute Gasteiger partial charge is 0.480 e. The van der Waals surface area contributed by atoms with Crippen LogP contribution in [0.15, 0.2) is 23.1 Å². The number of carbonyl (C=O) groups is 3. The van der Waals surface area contributed by atoms with Crippen molar-refractivity contribution in [1.82, 2.24) is 4.90 Å². The number of hydrogen-bond donors (Lipinski definition) is 2. The van der Waals surface area contributed by atoms with Gasteiger partial charge < -0.3 is 15.3 Å². The molecule has 0 saturated carbocycles. The van der Waals surface area contributed by atoms with Crippen molar-refractivity contribution in [3.05, 3.63) is 23.8 Å². The Bertz CT molecular complexity index is 645. The number of carboxylic acid groups (broad SMARTS) is 1. The Labute approximate surface area is 139 Å². The summed E-state index contributed by atoms with van der Waals surface area (Å²) in [6.07, 6.45) is 0. The molecule has 0 spiro atoms. The number of nitrogens with one attached hydrogen (secondary N) is 1. The third-order valence-corrected chi connectivity index (χ3v) is 4.53. The summed E-state index contributed by atoms with van der Waals surface area (Å²) in [5, 5.41) is 11.6. The fraction of sp³-hybridized carbons (Fsp3) is 0.438. The van der Waals surface area contributed by atoms with Gasteiger partial charge in [-0.3, -0.25) is 14.4 Å². The molecule has 6 nitrogen and oxygen atoms in total. The van der Waals surface area contributed by atoms with Gasteiger partial charge in [-0.2, -0.15) is 0 Å². The van der Waals surface area contributed by atoms with Crippen LogP contribution in [0.25, 0.3) is 0 Å². The lowest BCUT2D eigenvalue weighted by Gasteiger charge is -2.25. The van der Waals surface area contributed by atoms with Crippen LogP contribution in [-0.4, -0.2) is 46.1 Å².